The van der Waals surface area contributed by atoms with Crippen LogP contribution in [0.1, 0.15) is 32.3 Å². The fourth-order valence-electron chi connectivity index (χ4n) is 2.07. The van der Waals surface area contributed by atoms with Gasteiger partial charge in [-0.1, -0.05) is 49.5 Å². The molecule has 1 aromatic carbocycles. The van der Waals surface area contributed by atoms with Gasteiger partial charge in [0, 0.05) is 0 Å². The number of hydrogen-bond acceptors (Lipinski definition) is 5. The molecule has 1 unspecified atom stereocenters. The van der Waals surface area contributed by atoms with Crippen LogP contribution in [-0.4, -0.2) is 38.9 Å². The highest BCUT2D eigenvalue weighted by molar-refractivity contribution is 8.26. The Bertz CT molecular complexity index is 670. The molecule has 1 fully saturated rings. The lowest BCUT2D eigenvalue weighted by molar-refractivity contribution is -0.144. The summed E-state index contributed by atoms with van der Waals surface area (Å²) in [7, 11) is 0. The Labute approximate surface area is 150 Å². The zero-order chi connectivity index (χ0) is 17.7. The van der Waals surface area contributed by atoms with Gasteiger partial charge >= 0.3 is 5.97 Å². The molecule has 1 aliphatic rings. The van der Waals surface area contributed by atoms with Crippen LogP contribution in [0.2, 0.25) is 0 Å². The maximum Gasteiger partial charge on any atom is 0.326 e. The second-order valence-corrected chi connectivity index (χ2v) is 7.01. The van der Waals surface area contributed by atoms with E-state index < -0.39 is 12.0 Å². The first-order valence-corrected chi connectivity index (χ1v) is 8.89. The summed E-state index contributed by atoms with van der Waals surface area (Å²) in [5, 5.41) is 9.08. The Balaban J connectivity index is 2.10. The van der Waals surface area contributed by atoms with Gasteiger partial charge in [-0.2, -0.15) is 0 Å². The van der Waals surface area contributed by atoms with Crippen LogP contribution in [0.15, 0.2) is 29.2 Å². The third kappa shape index (κ3) is 4.36. The van der Waals surface area contributed by atoms with Crippen molar-refractivity contribution in [3.05, 3.63) is 34.7 Å². The number of thioether (sulfide) groups is 1. The molecule has 1 saturated heterocycles. The third-order valence-corrected chi connectivity index (χ3v) is 4.84. The minimum absolute atomic E-state index is 0.265. The molecule has 1 heterocycles. The van der Waals surface area contributed by atoms with E-state index in [-0.39, 0.29) is 10.2 Å². The molecule has 5 nitrogen and oxygen atoms in total. The number of carbonyl (C=O) groups is 2. The predicted molar refractivity (Wildman–Crippen MR) is 99.0 cm³/mol. The summed E-state index contributed by atoms with van der Waals surface area (Å²) in [6.07, 6.45) is 3.80. The van der Waals surface area contributed by atoms with Crippen molar-refractivity contribution in [2.45, 2.75) is 32.7 Å². The van der Waals surface area contributed by atoms with Crippen LogP contribution in [0, 0.1) is 0 Å². The maximum atomic E-state index is 12.4. The molecular formula is C17H19NO4S2. The van der Waals surface area contributed by atoms with E-state index in [1.165, 1.54) is 6.92 Å². The van der Waals surface area contributed by atoms with Gasteiger partial charge in [-0.3, -0.25) is 9.69 Å². The zero-order valence-corrected chi connectivity index (χ0v) is 15.2. The quantitative estimate of drug-likeness (QED) is 0.453. The molecule has 1 amide bonds. The highest BCUT2D eigenvalue weighted by Gasteiger charge is 2.38. The van der Waals surface area contributed by atoms with Crippen LogP contribution in [0.4, 0.5) is 0 Å². The van der Waals surface area contributed by atoms with Gasteiger partial charge in [0.05, 0.1) is 11.5 Å². The topological polar surface area (TPSA) is 66.8 Å². The fourth-order valence-corrected chi connectivity index (χ4v) is 3.49. The van der Waals surface area contributed by atoms with Gasteiger partial charge in [0.15, 0.2) is 0 Å². The molecule has 0 spiro atoms. The summed E-state index contributed by atoms with van der Waals surface area (Å²) < 4.78 is 5.86. The number of aliphatic carboxylic acids is 1. The van der Waals surface area contributed by atoms with Gasteiger partial charge in [-0.15, -0.1) is 0 Å². The van der Waals surface area contributed by atoms with Gasteiger partial charge in [0.25, 0.3) is 5.91 Å². The van der Waals surface area contributed by atoms with Gasteiger partial charge < -0.3 is 9.84 Å². The summed E-state index contributed by atoms with van der Waals surface area (Å²) in [5.41, 5.74) is 0.835. The number of thiocarbonyl (C=S) groups is 1. The number of carbonyl (C=O) groups excluding carboxylic acids is 1. The SMILES string of the molecule is CCCCOc1ccc(/C=C2\SC(=S)N(C(C)C(=O)O)C2=O)cc1. The number of hydrogen-bond donors (Lipinski definition) is 1. The number of nitrogens with zero attached hydrogens (tertiary/aromatic N) is 1. The van der Waals surface area contributed by atoms with Gasteiger partial charge in [-0.25, -0.2) is 4.79 Å². The van der Waals surface area contributed by atoms with Crippen LogP contribution in [0.25, 0.3) is 6.08 Å². The van der Waals surface area contributed by atoms with E-state index in [4.69, 9.17) is 22.1 Å². The van der Waals surface area contributed by atoms with Crippen LogP contribution >= 0.6 is 24.0 Å². The second kappa shape index (κ2) is 8.30. The third-order valence-electron chi connectivity index (χ3n) is 3.51. The van der Waals surface area contributed by atoms with Crippen molar-refractivity contribution < 1.29 is 19.4 Å². The molecule has 24 heavy (non-hydrogen) atoms. The molecule has 0 aromatic heterocycles. The highest BCUT2D eigenvalue weighted by Crippen LogP contribution is 2.34. The number of amides is 1. The lowest BCUT2D eigenvalue weighted by Crippen LogP contribution is -2.41. The molecule has 128 valence electrons. The number of ether oxygens (including phenoxy) is 1. The average molecular weight is 365 g/mol. The van der Waals surface area contributed by atoms with E-state index in [1.807, 2.05) is 24.3 Å². The largest absolute Gasteiger partial charge is 0.494 e. The van der Waals surface area contributed by atoms with Crippen molar-refractivity contribution in [2.75, 3.05) is 6.61 Å². The summed E-state index contributed by atoms with van der Waals surface area (Å²) >= 11 is 6.25. The van der Waals surface area contributed by atoms with Crippen LogP contribution in [0.5, 0.6) is 5.75 Å². The van der Waals surface area contributed by atoms with E-state index in [1.54, 1.807) is 6.08 Å². The molecule has 0 bridgehead atoms. The smallest absolute Gasteiger partial charge is 0.326 e. The molecule has 1 N–H and O–H groups in total. The molecule has 7 heteroatoms. The van der Waals surface area contributed by atoms with Crippen molar-refractivity contribution in [2.24, 2.45) is 0 Å². The Morgan fingerprint density at radius 2 is 2.08 bits per heavy atom. The average Bonchev–Trinajstić information content (AvgIpc) is 2.82. The van der Waals surface area contributed by atoms with Crippen molar-refractivity contribution in [3.8, 4) is 5.75 Å². The first kappa shape index (κ1) is 18.5. The first-order chi connectivity index (χ1) is 11.4. The van der Waals surface area contributed by atoms with E-state index >= 15 is 0 Å². The van der Waals surface area contributed by atoms with E-state index in [9.17, 15) is 9.59 Å². The van der Waals surface area contributed by atoms with Crippen LogP contribution in [0.3, 0.4) is 0 Å². The summed E-state index contributed by atoms with van der Waals surface area (Å²) in [6.45, 7) is 4.23. The van der Waals surface area contributed by atoms with E-state index in [2.05, 4.69) is 6.92 Å². The molecule has 1 atom stereocenters. The molecule has 1 aliphatic heterocycles. The van der Waals surface area contributed by atoms with Crippen LogP contribution in [-0.2, 0) is 9.59 Å². The van der Waals surface area contributed by atoms with Gasteiger partial charge in [-0.05, 0) is 37.1 Å². The molecule has 2 rings (SSSR count). The first-order valence-electron chi connectivity index (χ1n) is 7.66. The van der Waals surface area contributed by atoms with Gasteiger partial charge in [0.2, 0.25) is 0 Å². The van der Waals surface area contributed by atoms with Crippen molar-refractivity contribution in [1.82, 2.24) is 4.90 Å². The Morgan fingerprint density at radius 3 is 2.67 bits per heavy atom. The van der Waals surface area contributed by atoms with E-state index in [0.717, 1.165) is 40.8 Å². The minimum Gasteiger partial charge on any atom is -0.494 e. The number of carboxylic acids is 1. The predicted octanol–water partition coefficient (Wildman–Crippen LogP) is 3.54. The normalized spacial score (nSPS) is 17.4. The summed E-state index contributed by atoms with van der Waals surface area (Å²) in [6, 6.07) is 6.44. The van der Waals surface area contributed by atoms with Crippen molar-refractivity contribution in [3.63, 3.8) is 0 Å². The molecular weight excluding hydrogens is 346 g/mol. The Hall–Kier alpha value is -1.86. The van der Waals surface area contributed by atoms with Crippen LogP contribution < -0.4 is 4.74 Å². The molecule has 0 saturated carbocycles. The van der Waals surface area contributed by atoms with Crippen molar-refractivity contribution in [1.29, 1.82) is 0 Å². The lowest BCUT2D eigenvalue weighted by atomic mass is 10.2. The Kier molecular flexibility index (Phi) is 6.39. The number of carboxylic acid groups (broad SMARTS) is 1. The number of unbranched alkanes of at least 4 members (excludes halogenated alkanes) is 1. The minimum atomic E-state index is -1.08. The van der Waals surface area contributed by atoms with Crippen molar-refractivity contribution >= 4 is 46.3 Å². The van der Waals surface area contributed by atoms with Gasteiger partial charge in [0.1, 0.15) is 16.1 Å². The molecule has 0 aliphatic carbocycles. The second-order valence-electron chi connectivity index (χ2n) is 5.34. The molecule has 1 aromatic rings. The lowest BCUT2D eigenvalue weighted by Gasteiger charge is -2.18. The monoisotopic (exact) mass is 365 g/mol. The maximum absolute atomic E-state index is 12.4. The Morgan fingerprint density at radius 1 is 1.42 bits per heavy atom. The number of rotatable bonds is 7. The zero-order valence-electron chi connectivity index (χ0n) is 13.5. The highest BCUT2D eigenvalue weighted by atomic mass is 32.2. The fraction of sp³-hybridized carbons (Fsp3) is 0.353. The standard InChI is InChI=1S/C17H19NO4S2/c1-3-4-9-22-13-7-5-12(6-8-13)10-14-15(19)18(17(23)24-14)11(2)16(20)21/h5-8,10-11H,3-4,9H2,1-2H3,(H,20,21)/b14-10-. The summed E-state index contributed by atoms with van der Waals surface area (Å²) in [5.74, 6) is -0.669. The molecule has 0 radical (unpaired) electrons. The van der Waals surface area contributed by atoms with E-state index in [0.29, 0.717) is 11.5 Å². The summed E-state index contributed by atoms with van der Waals surface area (Å²) in [4.78, 5) is 25.0. The number of benzene rings is 1.